The lowest BCUT2D eigenvalue weighted by Crippen LogP contribution is -2.53. The molecule has 3 aromatic rings. The quantitative estimate of drug-likeness (QED) is 0.0237. The molecule has 0 unspecified atom stereocenters. The molecule has 0 saturated heterocycles. The summed E-state index contributed by atoms with van der Waals surface area (Å²) in [4.78, 5) is 46.3. The van der Waals surface area contributed by atoms with E-state index in [1.807, 2.05) is 30.5 Å². The number of unbranched alkanes of at least 4 members (excludes halogenated alkanes) is 1. The first kappa shape index (κ1) is 54.6. The predicted molar refractivity (Wildman–Crippen MR) is 244 cm³/mol. The number of anilines is 1. The zero-order chi connectivity index (χ0) is 46.4. The summed E-state index contributed by atoms with van der Waals surface area (Å²) in [6, 6.07) is 13.0. The number of nitrogens with two attached hydrogens (primary N) is 1. The lowest BCUT2D eigenvalue weighted by Gasteiger charge is -2.23. The second-order valence-electron chi connectivity index (χ2n) is 14.4. The number of nitrogens with zero attached hydrogens (tertiary/aromatic N) is 3. The molecular weight excluding hydrogens is 845 g/mol. The van der Waals surface area contributed by atoms with Crippen molar-refractivity contribution >= 4 is 34.3 Å². The molecule has 1 aromatic heterocycles. The predicted octanol–water partition coefficient (Wildman–Crippen LogP) is 3.48. The van der Waals surface area contributed by atoms with E-state index in [4.69, 9.17) is 53.9 Å². The van der Waals surface area contributed by atoms with Gasteiger partial charge >= 0.3 is 0 Å². The average molecular weight is 914 g/mol. The van der Waals surface area contributed by atoms with Crippen molar-refractivity contribution in [3.63, 3.8) is 0 Å². The number of fused-ring (bicyclic) bond motifs is 1. The Bertz CT molecular complexity index is 1760. The molecule has 20 heteroatoms. The van der Waals surface area contributed by atoms with Crippen molar-refractivity contribution in [3.8, 4) is 0 Å². The van der Waals surface area contributed by atoms with Crippen LogP contribution in [0.4, 0.5) is 5.69 Å². The van der Waals surface area contributed by atoms with E-state index in [0.717, 1.165) is 22.0 Å². The van der Waals surface area contributed by atoms with Gasteiger partial charge in [0.1, 0.15) is 12.1 Å². The Kier molecular flexibility index (Phi) is 30.7. The lowest BCUT2D eigenvalue weighted by molar-refractivity contribution is -0.131. The third-order valence-corrected chi connectivity index (χ3v) is 9.40. The second kappa shape index (κ2) is 36.5. The topological polar surface area (TPSA) is 261 Å². The van der Waals surface area contributed by atoms with Crippen LogP contribution in [0.15, 0.2) is 59.8 Å². The first-order valence-electron chi connectivity index (χ1n) is 22.2. The van der Waals surface area contributed by atoms with Gasteiger partial charge in [0.05, 0.1) is 119 Å². The van der Waals surface area contributed by atoms with Crippen molar-refractivity contribution in [2.24, 2.45) is 10.8 Å². The highest BCUT2D eigenvalue weighted by molar-refractivity contribution is 5.98. The highest BCUT2D eigenvalue weighted by atomic mass is 16.6. The van der Waals surface area contributed by atoms with Gasteiger partial charge < -0.3 is 69.3 Å². The van der Waals surface area contributed by atoms with Gasteiger partial charge in [-0.05, 0) is 67.6 Å². The Labute approximate surface area is 381 Å². The number of hydrogen-bond acceptors (Lipinski definition) is 14. The maximum absolute atomic E-state index is 13.9. The lowest BCUT2D eigenvalue weighted by atomic mass is 10.0. The summed E-state index contributed by atoms with van der Waals surface area (Å²) in [5.41, 5.74) is 17.1. The number of hydrogen-bond donors (Lipinski definition) is 5. The van der Waals surface area contributed by atoms with Gasteiger partial charge in [0.2, 0.25) is 17.7 Å². The Morgan fingerprint density at radius 3 is 1.68 bits per heavy atom. The molecule has 2 aromatic carbocycles. The number of carbonyl (C=O) groups is 3. The fraction of sp³-hybridized carbons (Fsp3) is 0.600. The molecule has 0 aliphatic heterocycles. The summed E-state index contributed by atoms with van der Waals surface area (Å²) < 4.78 is 49.2. The standard InChI is InChI=1S/C45H69N8O12/c1-36-9-11-38(12-10-36)50-44(55)41(8-4-5-14-46)52-45(56)42(34-37-35-48-40-7-3-2-6-39(37)40)51-43(54)13-16-57-18-20-59-22-24-61-26-28-63-30-32-65-33-31-64-29-27-62-25-23-60-21-19-58-17-15-49-53-47/h2-3,6-7,9-12,35,41-42,48H,1,4-5,8,13-34,46H2,(H,50,55)(H,51,54)(H,52,56)/t41-,42-/m0/s1. The molecule has 0 aliphatic carbocycles. The van der Waals surface area contributed by atoms with E-state index < -0.39 is 18.0 Å². The summed E-state index contributed by atoms with van der Waals surface area (Å²) in [6.07, 6.45) is 3.76. The first-order chi connectivity index (χ1) is 31.9. The van der Waals surface area contributed by atoms with E-state index in [2.05, 4.69) is 37.9 Å². The number of aromatic amines is 1. The van der Waals surface area contributed by atoms with Gasteiger partial charge in [-0.1, -0.05) is 35.4 Å². The van der Waals surface area contributed by atoms with Gasteiger partial charge in [-0.15, -0.1) is 0 Å². The fourth-order valence-electron chi connectivity index (χ4n) is 6.02. The molecule has 3 amide bonds. The Morgan fingerprint density at radius 2 is 1.15 bits per heavy atom. The molecule has 0 saturated carbocycles. The number of nitrogens with one attached hydrogen (secondary N) is 4. The minimum Gasteiger partial charge on any atom is -0.379 e. The van der Waals surface area contributed by atoms with Crippen molar-refractivity contribution in [2.75, 3.05) is 137 Å². The monoisotopic (exact) mass is 914 g/mol. The number of carbonyl (C=O) groups excluding carboxylic acids is 3. The van der Waals surface area contributed by atoms with Gasteiger partial charge in [0.15, 0.2) is 0 Å². The van der Waals surface area contributed by atoms with Crippen LogP contribution in [0.25, 0.3) is 21.3 Å². The van der Waals surface area contributed by atoms with E-state index >= 15 is 0 Å². The van der Waals surface area contributed by atoms with E-state index in [1.165, 1.54) is 0 Å². The van der Waals surface area contributed by atoms with Crippen molar-refractivity contribution in [3.05, 3.63) is 83.2 Å². The van der Waals surface area contributed by atoms with Gasteiger partial charge in [-0.25, -0.2) is 0 Å². The molecule has 1 heterocycles. The van der Waals surface area contributed by atoms with Crippen LogP contribution in [-0.2, 0) is 63.4 Å². The van der Waals surface area contributed by atoms with Gasteiger partial charge in [0, 0.05) is 47.1 Å². The smallest absolute Gasteiger partial charge is 0.246 e. The van der Waals surface area contributed by atoms with Crippen molar-refractivity contribution < 1.29 is 57.0 Å². The molecule has 2 atom stereocenters. The van der Waals surface area contributed by atoms with E-state index in [9.17, 15) is 14.4 Å². The van der Waals surface area contributed by atoms with Gasteiger partial charge in [0.25, 0.3) is 0 Å². The largest absolute Gasteiger partial charge is 0.379 e. The number of azide groups is 1. The summed E-state index contributed by atoms with van der Waals surface area (Å²) in [7, 11) is 0. The normalized spacial score (nSPS) is 12.2. The van der Waals surface area contributed by atoms with Crippen LogP contribution in [0.3, 0.4) is 0 Å². The highest BCUT2D eigenvalue weighted by Gasteiger charge is 2.28. The Balaban J connectivity index is 1.21. The second-order valence-corrected chi connectivity index (χ2v) is 14.4. The number of H-pyrrole nitrogens is 1. The fourth-order valence-corrected chi connectivity index (χ4v) is 6.02. The van der Waals surface area contributed by atoms with E-state index in [0.29, 0.717) is 144 Å². The van der Waals surface area contributed by atoms with Crippen LogP contribution in [0.5, 0.6) is 0 Å². The number of aromatic nitrogens is 1. The SMILES string of the molecule is [CH2]c1ccc(NC(=O)[C@H](CCCCN)NC(=O)[C@H](Cc2c[nH]c3ccccc23)NC(=O)CCOCCOCCOCCOCCOCCOCCOCCOCCOCCN=[N+]=[N-])cc1. The van der Waals surface area contributed by atoms with Crippen LogP contribution >= 0.6 is 0 Å². The maximum atomic E-state index is 13.9. The third-order valence-electron chi connectivity index (χ3n) is 9.40. The van der Waals surface area contributed by atoms with Gasteiger partial charge in [-0.2, -0.15) is 0 Å². The first-order valence-corrected chi connectivity index (χ1v) is 22.2. The van der Waals surface area contributed by atoms with Crippen LogP contribution in [0.1, 0.15) is 36.8 Å². The molecule has 65 heavy (non-hydrogen) atoms. The number of benzene rings is 2. The summed E-state index contributed by atoms with van der Waals surface area (Å²) in [5, 5.41) is 13.0. The molecule has 1 radical (unpaired) electrons. The van der Waals surface area contributed by atoms with E-state index in [-0.39, 0.29) is 37.9 Å². The van der Waals surface area contributed by atoms with Crippen molar-refractivity contribution in [1.82, 2.24) is 15.6 Å². The molecule has 3 rings (SSSR count). The molecule has 0 fully saturated rings. The number of ether oxygens (including phenoxy) is 9. The Hall–Kier alpha value is -4.70. The molecule has 0 aliphatic rings. The number of amides is 3. The zero-order valence-corrected chi connectivity index (χ0v) is 37.6. The molecule has 0 bridgehead atoms. The minimum atomic E-state index is -0.956. The van der Waals surface area contributed by atoms with Crippen LogP contribution in [0, 0.1) is 6.92 Å². The van der Waals surface area contributed by atoms with E-state index in [1.54, 1.807) is 24.3 Å². The molecule has 0 spiro atoms. The summed E-state index contributed by atoms with van der Waals surface area (Å²) in [5.74, 6) is -1.20. The maximum Gasteiger partial charge on any atom is 0.246 e. The minimum absolute atomic E-state index is 0.0256. The average Bonchev–Trinajstić information content (AvgIpc) is 3.72. The van der Waals surface area contributed by atoms with Crippen LogP contribution in [-0.4, -0.2) is 167 Å². The van der Waals surface area contributed by atoms with Crippen molar-refractivity contribution in [1.29, 1.82) is 0 Å². The summed E-state index contributed by atoms with van der Waals surface area (Å²) >= 11 is 0. The zero-order valence-electron chi connectivity index (χ0n) is 37.6. The van der Waals surface area contributed by atoms with Crippen LogP contribution in [0.2, 0.25) is 0 Å². The molecule has 20 nitrogen and oxygen atoms in total. The number of rotatable bonds is 41. The molecular formula is C45H69N8O12. The molecule has 6 N–H and O–H groups in total. The third kappa shape index (κ3) is 26.1. The Morgan fingerprint density at radius 1 is 0.646 bits per heavy atom. The van der Waals surface area contributed by atoms with Gasteiger partial charge in [-0.3, -0.25) is 14.4 Å². The van der Waals surface area contributed by atoms with Crippen molar-refractivity contribution in [2.45, 2.75) is 44.2 Å². The molecule has 361 valence electrons. The van der Waals surface area contributed by atoms with Crippen LogP contribution < -0.4 is 21.7 Å². The highest BCUT2D eigenvalue weighted by Crippen LogP contribution is 2.20. The number of para-hydroxylation sites is 1. The summed E-state index contributed by atoms with van der Waals surface area (Å²) in [6.45, 7) is 11.9.